The van der Waals surface area contributed by atoms with Crippen molar-refractivity contribution >= 4 is 0 Å². The second-order valence-electron chi connectivity index (χ2n) is 5.27. The highest BCUT2D eigenvalue weighted by Crippen LogP contribution is 2.28. The quantitative estimate of drug-likeness (QED) is 0.277. The van der Waals surface area contributed by atoms with Gasteiger partial charge in [-0.2, -0.15) is 0 Å². The third kappa shape index (κ3) is 6.52. The average molecular weight is 272 g/mol. The van der Waals surface area contributed by atoms with Crippen LogP contribution in [-0.4, -0.2) is 35.6 Å². The van der Waals surface area contributed by atoms with Gasteiger partial charge >= 0.3 is 0 Å². The Labute approximate surface area is 118 Å². The summed E-state index contributed by atoms with van der Waals surface area (Å²) in [6.45, 7) is 9.40. The van der Waals surface area contributed by atoms with Crippen LogP contribution in [0.15, 0.2) is 11.6 Å². The van der Waals surface area contributed by atoms with Crippen LogP contribution in [0, 0.1) is 11.8 Å². The molecular weight excluding hydrogens is 240 g/mol. The van der Waals surface area contributed by atoms with Gasteiger partial charge in [0.25, 0.3) is 0 Å². The summed E-state index contributed by atoms with van der Waals surface area (Å²) in [6.07, 6.45) is 4.06. The molecule has 0 aliphatic carbocycles. The zero-order valence-corrected chi connectivity index (χ0v) is 12.9. The summed E-state index contributed by atoms with van der Waals surface area (Å²) in [7, 11) is 0. The molecule has 0 aliphatic heterocycles. The van der Waals surface area contributed by atoms with Crippen molar-refractivity contribution in [3.63, 3.8) is 0 Å². The van der Waals surface area contributed by atoms with E-state index in [0.717, 1.165) is 25.8 Å². The predicted molar refractivity (Wildman–Crippen MR) is 80.7 cm³/mol. The van der Waals surface area contributed by atoms with Crippen molar-refractivity contribution in [2.45, 2.75) is 59.2 Å². The number of nitrogens with two attached hydrogens (primary N) is 1. The molecule has 5 N–H and O–H groups in total. The lowest BCUT2D eigenvalue weighted by molar-refractivity contribution is 0.0835. The standard InChI is InChI=1S/C15H32N2O2/c1-5-8-14(15(16)19)11(3)13(6-2)12(4)17-9-7-10-18/h6,11-12,14-15,17-19H,5,7-10,16H2,1-4H3/b13-6+/t11?,12?,14?,15-/m0/s1. The zero-order valence-electron chi connectivity index (χ0n) is 12.9. The molecule has 0 aromatic carbocycles. The molecule has 4 atom stereocenters. The first-order valence-corrected chi connectivity index (χ1v) is 7.43. The zero-order chi connectivity index (χ0) is 14.8. The molecule has 0 rings (SSSR count). The molecule has 0 heterocycles. The monoisotopic (exact) mass is 272 g/mol. The molecule has 0 saturated carbocycles. The lowest BCUT2D eigenvalue weighted by Crippen LogP contribution is -2.39. The Kier molecular flexibility index (Phi) is 10.1. The van der Waals surface area contributed by atoms with E-state index < -0.39 is 6.23 Å². The first kappa shape index (κ1) is 18.6. The number of aliphatic hydroxyl groups excluding tert-OH is 2. The molecule has 4 nitrogen and oxygen atoms in total. The first-order chi connectivity index (χ1) is 8.99. The molecule has 0 fully saturated rings. The van der Waals surface area contributed by atoms with E-state index in [9.17, 15) is 5.11 Å². The van der Waals surface area contributed by atoms with Gasteiger partial charge in [0.05, 0.1) is 0 Å². The van der Waals surface area contributed by atoms with Crippen molar-refractivity contribution in [1.82, 2.24) is 5.32 Å². The van der Waals surface area contributed by atoms with E-state index in [4.69, 9.17) is 10.8 Å². The van der Waals surface area contributed by atoms with E-state index in [0.29, 0.717) is 0 Å². The van der Waals surface area contributed by atoms with Crippen LogP contribution in [-0.2, 0) is 0 Å². The number of rotatable bonds is 10. The normalized spacial score (nSPS) is 19.0. The van der Waals surface area contributed by atoms with Gasteiger partial charge in [-0.25, -0.2) is 0 Å². The summed E-state index contributed by atoms with van der Waals surface area (Å²) >= 11 is 0. The number of allylic oxidation sites excluding steroid dienone is 1. The maximum atomic E-state index is 9.75. The van der Waals surface area contributed by atoms with Gasteiger partial charge in [0.15, 0.2) is 0 Å². The van der Waals surface area contributed by atoms with Crippen molar-refractivity contribution in [2.24, 2.45) is 17.6 Å². The molecular formula is C15H32N2O2. The van der Waals surface area contributed by atoms with Crippen LogP contribution in [0.5, 0.6) is 0 Å². The third-order valence-corrected chi connectivity index (χ3v) is 3.85. The van der Waals surface area contributed by atoms with E-state index in [2.05, 4.69) is 32.2 Å². The SMILES string of the molecule is C/C=C(/C(C)NCCCO)C(C)C(CCC)[C@@H](N)O. The fourth-order valence-electron chi connectivity index (χ4n) is 2.72. The van der Waals surface area contributed by atoms with Crippen molar-refractivity contribution in [3.05, 3.63) is 11.6 Å². The highest BCUT2D eigenvalue weighted by atomic mass is 16.3. The smallest absolute Gasteiger partial charge is 0.105 e. The van der Waals surface area contributed by atoms with Crippen LogP contribution < -0.4 is 11.1 Å². The van der Waals surface area contributed by atoms with Crippen molar-refractivity contribution in [3.8, 4) is 0 Å². The van der Waals surface area contributed by atoms with Gasteiger partial charge in [-0.1, -0.05) is 31.9 Å². The Balaban J connectivity index is 4.64. The van der Waals surface area contributed by atoms with Crippen LogP contribution in [0.3, 0.4) is 0 Å². The molecule has 0 aromatic heterocycles. The molecule has 4 heteroatoms. The number of aliphatic hydroxyl groups is 2. The highest BCUT2D eigenvalue weighted by Gasteiger charge is 2.26. The summed E-state index contributed by atoms with van der Waals surface area (Å²) < 4.78 is 0. The third-order valence-electron chi connectivity index (χ3n) is 3.85. The van der Waals surface area contributed by atoms with Gasteiger partial charge in [0.1, 0.15) is 6.23 Å². The van der Waals surface area contributed by atoms with Gasteiger partial charge in [0, 0.05) is 18.6 Å². The van der Waals surface area contributed by atoms with E-state index >= 15 is 0 Å². The number of nitrogens with one attached hydrogen (secondary N) is 1. The van der Waals surface area contributed by atoms with Crippen molar-refractivity contribution in [2.75, 3.05) is 13.2 Å². The molecule has 0 spiro atoms. The molecule has 0 aromatic rings. The minimum atomic E-state index is -0.769. The minimum Gasteiger partial charge on any atom is -0.396 e. The Morgan fingerprint density at radius 3 is 2.42 bits per heavy atom. The molecule has 0 radical (unpaired) electrons. The largest absolute Gasteiger partial charge is 0.396 e. The minimum absolute atomic E-state index is 0.0956. The summed E-state index contributed by atoms with van der Waals surface area (Å²) in [5.41, 5.74) is 6.99. The van der Waals surface area contributed by atoms with Crippen molar-refractivity contribution < 1.29 is 10.2 Å². The molecule has 3 unspecified atom stereocenters. The van der Waals surface area contributed by atoms with Crippen molar-refractivity contribution in [1.29, 1.82) is 0 Å². The summed E-state index contributed by atoms with van der Waals surface area (Å²) in [4.78, 5) is 0. The van der Waals surface area contributed by atoms with Gasteiger partial charge in [0.2, 0.25) is 0 Å². The Bertz CT molecular complexity index is 255. The van der Waals surface area contributed by atoms with E-state index in [1.54, 1.807) is 0 Å². The number of hydrogen-bond acceptors (Lipinski definition) is 4. The van der Waals surface area contributed by atoms with Crippen LogP contribution in [0.1, 0.15) is 47.0 Å². The molecule has 19 heavy (non-hydrogen) atoms. The second kappa shape index (κ2) is 10.4. The van der Waals surface area contributed by atoms with Crippen LogP contribution in [0.25, 0.3) is 0 Å². The van der Waals surface area contributed by atoms with Gasteiger partial charge in [-0.3, -0.25) is 0 Å². The van der Waals surface area contributed by atoms with E-state index in [1.165, 1.54) is 5.57 Å². The lowest BCUT2D eigenvalue weighted by Gasteiger charge is -2.31. The van der Waals surface area contributed by atoms with Gasteiger partial charge < -0.3 is 21.3 Å². The topological polar surface area (TPSA) is 78.5 Å². The Morgan fingerprint density at radius 2 is 2.00 bits per heavy atom. The molecule has 0 aliphatic rings. The lowest BCUT2D eigenvalue weighted by atomic mass is 9.80. The maximum Gasteiger partial charge on any atom is 0.105 e. The van der Waals surface area contributed by atoms with E-state index in [1.807, 2.05) is 6.92 Å². The summed E-state index contributed by atoms with van der Waals surface area (Å²) in [5.74, 6) is 0.347. The van der Waals surface area contributed by atoms with Gasteiger partial charge in [-0.15, -0.1) is 0 Å². The van der Waals surface area contributed by atoms with E-state index in [-0.39, 0.29) is 24.5 Å². The number of hydrogen-bond donors (Lipinski definition) is 4. The fourth-order valence-corrected chi connectivity index (χ4v) is 2.72. The first-order valence-electron chi connectivity index (χ1n) is 7.43. The Hall–Kier alpha value is -0.420. The maximum absolute atomic E-state index is 9.75. The van der Waals surface area contributed by atoms with Crippen LogP contribution in [0.2, 0.25) is 0 Å². The molecule has 0 amide bonds. The van der Waals surface area contributed by atoms with Crippen LogP contribution >= 0.6 is 0 Å². The highest BCUT2D eigenvalue weighted by molar-refractivity contribution is 5.13. The molecule has 114 valence electrons. The molecule has 0 saturated heterocycles. The predicted octanol–water partition coefficient (Wildman–Crippen LogP) is 1.62. The summed E-state index contributed by atoms with van der Waals surface area (Å²) in [6, 6.07) is 0.240. The summed E-state index contributed by atoms with van der Waals surface area (Å²) in [5, 5.41) is 22.0. The molecule has 0 bridgehead atoms. The Morgan fingerprint density at radius 1 is 1.37 bits per heavy atom. The van der Waals surface area contributed by atoms with Crippen LogP contribution in [0.4, 0.5) is 0 Å². The second-order valence-corrected chi connectivity index (χ2v) is 5.27. The fraction of sp³-hybridized carbons (Fsp3) is 0.867. The average Bonchev–Trinajstić information content (AvgIpc) is 2.36. The van der Waals surface area contributed by atoms with Gasteiger partial charge in [-0.05, 0) is 39.2 Å².